The van der Waals surface area contributed by atoms with Gasteiger partial charge in [0.1, 0.15) is 0 Å². The highest BCUT2D eigenvalue weighted by Crippen LogP contribution is 2.63. The van der Waals surface area contributed by atoms with Crippen molar-refractivity contribution in [3.8, 4) is 0 Å². The van der Waals surface area contributed by atoms with E-state index in [0.29, 0.717) is 12.0 Å². The molecule has 0 radical (unpaired) electrons. The first-order valence-electron chi connectivity index (χ1n) is 12.8. The third kappa shape index (κ3) is 5.33. The van der Waals surface area contributed by atoms with E-state index >= 15 is 0 Å². The van der Waals surface area contributed by atoms with Gasteiger partial charge in [-0.1, -0.05) is 52.4 Å². The Morgan fingerprint density at radius 3 is 2.00 bits per heavy atom. The van der Waals surface area contributed by atoms with Gasteiger partial charge in [0.15, 0.2) is 0 Å². The zero-order chi connectivity index (χ0) is 19.9. The van der Waals surface area contributed by atoms with Crippen molar-refractivity contribution in [3.63, 3.8) is 0 Å². The quantitative estimate of drug-likeness (QED) is 0.265. The van der Waals surface area contributed by atoms with Gasteiger partial charge in [0.05, 0.1) is 12.5 Å². The van der Waals surface area contributed by atoms with Crippen LogP contribution in [-0.2, 0) is 9.53 Å². The van der Waals surface area contributed by atoms with Gasteiger partial charge in [0.25, 0.3) is 0 Å². The minimum absolute atomic E-state index is 0.109. The van der Waals surface area contributed by atoms with E-state index in [4.69, 9.17) is 4.74 Å². The smallest absolute Gasteiger partial charge is 0.308 e. The molecule has 4 aliphatic rings. The van der Waals surface area contributed by atoms with Crippen LogP contribution in [0.25, 0.3) is 0 Å². The monoisotopic (exact) mass is 390 g/mol. The lowest BCUT2D eigenvalue weighted by molar-refractivity contribution is -0.151. The normalized spacial score (nSPS) is 35.1. The molecule has 162 valence electrons. The molecule has 0 saturated heterocycles. The molecule has 4 aliphatic carbocycles. The van der Waals surface area contributed by atoms with Crippen LogP contribution in [0.3, 0.4) is 0 Å². The second kappa shape index (κ2) is 10.5. The minimum Gasteiger partial charge on any atom is -0.465 e. The van der Waals surface area contributed by atoms with Crippen molar-refractivity contribution in [1.82, 2.24) is 0 Å². The number of unbranched alkanes of at least 4 members (excludes halogenated alkanes) is 5. The molecule has 2 nitrogen and oxygen atoms in total. The number of hydrogen-bond donors (Lipinski definition) is 0. The summed E-state index contributed by atoms with van der Waals surface area (Å²) in [6.07, 6.45) is 24.0. The maximum atomic E-state index is 12.4. The summed E-state index contributed by atoms with van der Waals surface area (Å²) >= 11 is 0. The maximum absolute atomic E-state index is 12.4. The van der Waals surface area contributed by atoms with Gasteiger partial charge in [-0.3, -0.25) is 4.79 Å². The van der Waals surface area contributed by atoms with Gasteiger partial charge in [-0.25, -0.2) is 0 Å². The molecule has 4 fully saturated rings. The van der Waals surface area contributed by atoms with Gasteiger partial charge in [0, 0.05) is 0 Å². The second-order valence-electron chi connectivity index (χ2n) is 10.6. The molecule has 0 aromatic rings. The van der Waals surface area contributed by atoms with Crippen LogP contribution in [0.2, 0.25) is 0 Å². The number of fused-ring (bicyclic) bond motifs is 3. The van der Waals surface area contributed by atoms with Crippen LogP contribution >= 0.6 is 0 Å². The van der Waals surface area contributed by atoms with E-state index < -0.39 is 0 Å². The van der Waals surface area contributed by atoms with Gasteiger partial charge in [-0.15, -0.1) is 0 Å². The summed E-state index contributed by atoms with van der Waals surface area (Å²) in [7, 11) is 0. The topological polar surface area (TPSA) is 26.3 Å². The fraction of sp³-hybridized carbons (Fsp3) is 0.962. The van der Waals surface area contributed by atoms with E-state index in [1.165, 1.54) is 96.3 Å². The summed E-state index contributed by atoms with van der Waals surface area (Å²) in [6, 6.07) is 0. The van der Waals surface area contributed by atoms with E-state index in [0.717, 1.165) is 30.6 Å². The largest absolute Gasteiger partial charge is 0.465 e. The molecule has 2 bridgehead atoms. The summed E-state index contributed by atoms with van der Waals surface area (Å²) in [6.45, 7) is 5.22. The third-order valence-electron chi connectivity index (χ3n) is 8.94. The Hall–Kier alpha value is -0.530. The summed E-state index contributed by atoms with van der Waals surface area (Å²) in [5.41, 5.74) is 1.36. The molecule has 4 saturated carbocycles. The fourth-order valence-corrected chi connectivity index (χ4v) is 6.77. The van der Waals surface area contributed by atoms with E-state index in [1.54, 1.807) is 0 Å². The van der Waals surface area contributed by atoms with Crippen molar-refractivity contribution in [2.45, 2.75) is 129 Å². The van der Waals surface area contributed by atoms with Gasteiger partial charge in [-0.05, 0) is 93.8 Å². The Morgan fingerprint density at radius 2 is 1.39 bits per heavy atom. The van der Waals surface area contributed by atoms with E-state index in [2.05, 4.69) is 13.8 Å². The molecule has 0 aromatic carbocycles. The second-order valence-corrected chi connectivity index (χ2v) is 10.6. The highest BCUT2D eigenvalue weighted by Gasteiger charge is 2.51. The Bertz CT molecular complexity index is 450. The minimum atomic E-state index is 0.109. The predicted octanol–water partition coefficient (Wildman–Crippen LogP) is 7.84. The first-order chi connectivity index (χ1) is 13.6. The lowest BCUT2D eigenvalue weighted by Crippen LogP contribution is -2.46. The molecule has 2 heteroatoms. The summed E-state index contributed by atoms with van der Waals surface area (Å²) in [5.74, 6) is 1.19. The number of hydrogen-bond acceptors (Lipinski definition) is 2. The predicted molar refractivity (Wildman–Crippen MR) is 117 cm³/mol. The van der Waals surface area contributed by atoms with Crippen molar-refractivity contribution in [2.24, 2.45) is 22.7 Å². The van der Waals surface area contributed by atoms with Gasteiger partial charge >= 0.3 is 5.97 Å². The van der Waals surface area contributed by atoms with Crippen LogP contribution in [0.5, 0.6) is 0 Å². The van der Waals surface area contributed by atoms with Crippen LogP contribution in [0.4, 0.5) is 0 Å². The van der Waals surface area contributed by atoms with Crippen molar-refractivity contribution in [2.75, 3.05) is 6.61 Å². The van der Waals surface area contributed by atoms with Crippen LogP contribution < -0.4 is 0 Å². The first kappa shape index (κ1) is 22.2. The van der Waals surface area contributed by atoms with Crippen LogP contribution in [0, 0.1) is 22.7 Å². The molecule has 0 amide bonds. The Balaban J connectivity index is 1.37. The average molecular weight is 391 g/mol. The zero-order valence-corrected chi connectivity index (χ0v) is 18.9. The van der Waals surface area contributed by atoms with Gasteiger partial charge < -0.3 is 4.74 Å². The first-order valence-corrected chi connectivity index (χ1v) is 12.8. The molecular formula is C26H46O2. The third-order valence-corrected chi connectivity index (χ3v) is 8.94. The lowest BCUT2D eigenvalue weighted by atomic mass is 9.47. The van der Waals surface area contributed by atoms with Crippen molar-refractivity contribution >= 4 is 5.97 Å². The molecule has 0 heterocycles. The molecule has 0 aromatic heterocycles. The van der Waals surface area contributed by atoms with Crippen molar-refractivity contribution in [1.29, 1.82) is 0 Å². The average Bonchev–Trinajstić information content (AvgIpc) is 2.76. The highest BCUT2D eigenvalue weighted by molar-refractivity contribution is 5.72. The molecule has 0 aliphatic heterocycles. The van der Waals surface area contributed by atoms with Crippen molar-refractivity contribution in [3.05, 3.63) is 0 Å². The lowest BCUT2D eigenvalue weighted by Gasteiger charge is -2.58. The summed E-state index contributed by atoms with van der Waals surface area (Å²) < 4.78 is 5.61. The van der Waals surface area contributed by atoms with Crippen LogP contribution in [0.1, 0.15) is 129 Å². The Labute approximate surface area is 174 Å². The van der Waals surface area contributed by atoms with Crippen LogP contribution in [-0.4, -0.2) is 12.6 Å². The number of carbonyl (C=O) groups is 1. The van der Waals surface area contributed by atoms with Gasteiger partial charge in [-0.2, -0.15) is 0 Å². The highest BCUT2D eigenvalue weighted by atomic mass is 16.5. The Kier molecular flexibility index (Phi) is 8.30. The van der Waals surface area contributed by atoms with E-state index in [1.807, 2.05) is 0 Å². The fourth-order valence-electron chi connectivity index (χ4n) is 6.77. The Morgan fingerprint density at radius 1 is 0.786 bits per heavy atom. The number of ether oxygens (including phenoxy) is 1. The molecule has 0 atom stereocenters. The number of esters is 1. The van der Waals surface area contributed by atoms with Crippen molar-refractivity contribution < 1.29 is 9.53 Å². The molecule has 28 heavy (non-hydrogen) atoms. The molecule has 0 N–H and O–H groups in total. The molecule has 0 unspecified atom stereocenters. The molecular weight excluding hydrogens is 344 g/mol. The molecule has 4 rings (SSSR count). The van der Waals surface area contributed by atoms with Crippen LogP contribution in [0.15, 0.2) is 0 Å². The summed E-state index contributed by atoms with van der Waals surface area (Å²) in [4.78, 5) is 12.4. The standard InChI is InChI=1S/C26H46O2/c1-3-5-7-8-9-21-28-24(27)22-10-12-23(13-11-22)26-18-15-25(16-19-26,17-20-26)14-6-4-2/h22-23H,3-21H2,1-2H3/t22-,23-,25?,26?. The van der Waals surface area contributed by atoms with Gasteiger partial charge in [0.2, 0.25) is 0 Å². The SMILES string of the molecule is CCCCCCCOC(=O)[C@H]1CC[C@H](C23CCC(CCCC)(CC2)CC3)CC1. The van der Waals surface area contributed by atoms with E-state index in [9.17, 15) is 4.79 Å². The number of carbonyl (C=O) groups excluding carboxylic acids is 1. The molecule has 0 spiro atoms. The summed E-state index contributed by atoms with van der Waals surface area (Å²) in [5, 5.41) is 0. The maximum Gasteiger partial charge on any atom is 0.308 e. The number of rotatable bonds is 11. The van der Waals surface area contributed by atoms with E-state index in [-0.39, 0.29) is 11.9 Å². The zero-order valence-electron chi connectivity index (χ0n) is 18.9.